The van der Waals surface area contributed by atoms with Crippen LogP contribution in [0.15, 0.2) is 23.4 Å². The standard InChI is InChI=1S/C16H15F2N5O2S/c1-9-14(7-19-24-8-15-10(2)20-22-26-15)16(23(3)21-9)25-13-5-11(17)4-12(18)6-13/h4-7H,8H2,1-3H3/b19-7+. The van der Waals surface area contributed by atoms with Gasteiger partial charge in [0.2, 0.25) is 5.88 Å². The fraction of sp³-hybridized carbons (Fsp3) is 0.250. The van der Waals surface area contributed by atoms with Gasteiger partial charge < -0.3 is 9.57 Å². The average Bonchev–Trinajstić information content (AvgIpc) is 3.07. The summed E-state index contributed by atoms with van der Waals surface area (Å²) in [4.78, 5) is 6.13. The van der Waals surface area contributed by atoms with Crippen LogP contribution in [0.3, 0.4) is 0 Å². The highest BCUT2D eigenvalue weighted by molar-refractivity contribution is 7.05. The molecule has 3 aromatic rings. The molecular formula is C16H15F2N5O2S. The van der Waals surface area contributed by atoms with Crippen LogP contribution >= 0.6 is 11.5 Å². The smallest absolute Gasteiger partial charge is 0.226 e. The second-order valence-electron chi connectivity index (χ2n) is 5.42. The molecule has 0 N–H and O–H groups in total. The van der Waals surface area contributed by atoms with Gasteiger partial charge in [0.25, 0.3) is 0 Å². The molecule has 0 saturated carbocycles. The number of rotatable bonds is 6. The molecule has 0 aliphatic carbocycles. The molecule has 0 aliphatic rings. The molecule has 0 bridgehead atoms. The normalized spacial score (nSPS) is 11.3. The van der Waals surface area contributed by atoms with Crippen LogP contribution in [-0.4, -0.2) is 25.6 Å². The summed E-state index contributed by atoms with van der Waals surface area (Å²) in [6, 6.07) is 2.94. The van der Waals surface area contributed by atoms with Crippen LogP contribution in [-0.2, 0) is 18.5 Å². The van der Waals surface area contributed by atoms with E-state index < -0.39 is 11.6 Å². The molecule has 2 aromatic heterocycles. The van der Waals surface area contributed by atoms with E-state index in [0.29, 0.717) is 11.3 Å². The first-order valence-electron chi connectivity index (χ1n) is 7.54. The number of aryl methyl sites for hydroxylation is 3. The maximum absolute atomic E-state index is 13.4. The van der Waals surface area contributed by atoms with Gasteiger partial charge in [0.1, 0.15) is 17.4 Å². The molecule has 0 saturated heterocycles. The van der Waals surface area contributed by atoms with Gasteiger partial charge in [0, 0.05) is 25.2 Å². The minimum Gasteiger partial charge on any atom is -0.438 e. The van der Waals surface area contributed by atoms with Gasteiger partial charge >= 0.3 is 0 Å². The molecule has 2 heterocycles. The third-order valence-corrected chi connectivity index (χ3v) is 4.26. The van der Waals surface area contributed by atoms with Crippen LogP contribution in [0.25, 0.3) is 0 Å². The van der Waals surface area contributed by atoms with Gasteiger partial charge in [-0.1, -0.05) is 9.64 Å². The van der Waals surface area contributed by atoms with E-state index in [1.54, 1.807) is 14.0 Å². The average molecular weight is 379 g/mol. The summed E-state index contributed by atoms with van der Waals surface area (Å²) in [6.45, 7) is 3.84. The molecule has 0 radical (unpaired) electrons. The van der Waals surface area contributed by atoms with Gasteiger partial charge in [0.05, 0.1) is 28.0 Å². The topological polar surface area (TPSA) is 74.4 Å². The summed E-state index contributed by atoms with van der Waals surface area (Å²) >= 11 is 1.24. The second kappa shape index (κ2) is 7.56. The summed E-state index contributed by atoms with van der Waals surface area (Å²) in [6.07, 6.45) is 1.44. The van der Waals surface area contributed by atoms with E-state index in [-0.39, 0.29) is 18.2 Å². The van der Waals surface area contributed by atoms with Crippen LogP contribution < -0.4 is 4.74 Å². The first-order chi connectivity index (χ1) is 12.4. The first-order valence-corrected chi connectivity index (χ1v) is 8.32. The predicted molar refractivity (Wildman–Crippen MR) is 91.4 cm³/mol. The minimum absolute atomic E-state index is 0.0208. The highest BCUT2D eigenvalue weighted by atomic mass is 32.1. The lowest BCUT2D eigenvalue weighted by Crippen LogP contribution is -1.98. The second-order valence-corrected chi connectivity index (χ2v) is 6.26. The first kappa shape index (κ1) is 17.9. The number of hydrogen-bond acceptors (Lipinski definition) is 7. The van der Waals surface area contributed by atoms with E-state index in [1.165, 1.54) is 22.4 Å². The third kappa shape index (κ3) is 4.02. The van der Waals surface area contributed by atoms with Crippen LogP contribution in [0.2, 0.25) is 0 Å². The highest BCUT2D eigenvalue weighted by Gasteiger charge is 2.15. The lowest BCUT2D eigenvalue weighted by Gasteiger charge is -2.07. The van der Waals surface area contributed by atoms with Crippen LogP contribution in [0.5, 0.6) is 11.6 Å². The zero-order valence-corrected chi connectivity index (χ0v) is 15.0. The van der Waals surface area contributed by atoms with E-state index in [9.17, 15) is 8.78 Å². The van der Waals surface area contributed by atoms with Crippen LogP contribution in [0.4, 0.5) is 8.78 Å². The third-order valence-electron chi connectivity index (χ3n) is 3.46. The van der Waals surface area contributed by atoms with Crippen molar-refractivity contribution in [1.29, 1.82) is 0 Å². The van der Waals surface area contributed by atoms with Crippen LogP contribution in [0.1, 0.15) is 21.8 Å². The number of aromatic nitrogens is 4. The number of nitrogens with zero attached hydrogens (tertiary/aromatic N) is 5. The number of oxime groups is 1. The number of benzene rings is 1. The molecule has 0 atom stereocenters. The molecule has 0 amide bonds. The summed E-state index contributed by atoms with van der Waals surface area (Å²) in [5, 5.41) is 12.0. The van der Waals surface area contributed by atoms with Crippen LogP contribution in [0, 0.1) is 25.5 Å². The van der Waals surface area contributed by atoms with Crippen molar-refractivity contribution < 1.29 is 18.4 Å². The Morgan fingerprint density at radius 2 is 1.92 bits per heavy atom. The zero-order valence-electron chi connectivity index (χ0n) is 14.2. The van der Waals surface area contributed by atoms with Gasteiger partial charge in [0.15, 0.2) is 6.61 Å². The van der Waals surface area contributed by atoms with Crippen molar-refractivity contribution in [3.8, 4) is 11.6 Å². The summed E-state index contributed by atoms with van der Waals surface area (Å²) in [5.74, 6) is -1.15. The molecule has 0 spiro atoms. The molecule has 3 rings (SSSR count). The molecular weight excluding hydrogens is 364 g/mol. The SMILES string of the molecule is Cc1nnsc1CO/N=C/c1c(C)nn(C)c1Oc1cc(F)cc(F)c1. The van der Waals surface area contributed by atoms with Gasteiger partial charge in [-0.15, -0.1) is 5.10 Å². The van der Waals surface area contributed by atoms with Gasteiger partial charge in [-0.25, -0.2) is 13.5 Å². The Morgan fingerprint density at radius 3 is 2.58 bits per heavy atom. The monoisotopic (exact) mass is 379 g/mol. The molecule has 136 valence electrons. The predicted octanol–water partition coefficient (Wildman–Crippen LogP) is 3.51. The van der Waals surface area contributed by atoms with Crippen molar-refractivity contribution >= 4 is 17.7 Å². The van der Waals surface area contributed by atoms with Crippen molar-refractivity contribution in [3.05, 3.63) is 51.7 Å². The number of hydrogen-bond donors (Lipinski definition) is 0. The van der Waals surface area contributed by atoms with Crippen molar-refractivity contribution in [3.63, 3.8) is 0 Å². The molecule has 7 nitrogen and oxygen atoms in total. The Kier molecular flexibility index (Phi) is 5.21. The van der Waals surface area contributed by atoms with Crippen molar-refractivity contribution in [2.75, 3.05) is 0 Å². The Labute approximate surface area is 152 Å². The zero-order chi connectivity index (χ0) is 18.7. The van der Waals surface area contributed by atoms with Gasteiger partial charge in [-0.3, -0.25) is 0 Å². The van der Waals surface area contributed by atoms with Crippen molar-refractivity contribution in [2.24, 2.45) is 12.2 Å². The van der Waals surface area contributed by atoms with Gasteiger partial charge in [-0.2, -0.15) is 5.10 Å². The molecule has 26 heavy (non-hydrogen) atoms. The number of halogens is 2. The fourth-order valence-electron chi connectivity index (χ4n) is 2.19. The largest absolute Gasteiger partial charge is 0.438 e. The molecule has 10 heteroatoms. The Morgan fingerprint density at radius 1 is 1.19 bits per heavy atom. The molecule has 1 aromatic carbocycles. The Balaban J connectivity index is 1.77. The highest BCUT2D eigenvalue weighted by Crippen LogP contribution is 2.27. The molecule has 0 unspecified atom stereocenters. The quantitative estimate of drug-likeness (QED) is 0.484. The molecule has 0 fully saturated rings. The maximum atomic E-state index is 13.4. The van der Waals surface area contributed by atoms with Crippen molar-refractivity contribution in [1.82, 2.24) is 19.4 Å². The Bertz CT molecular complexity index is 934. The maximum Gasteiger partial charge on any atom is 0.226 e. The van der Waals surface area contributed by atoms with E-state index in [1.807, 2.05) is 6.92 Å². The van der Waals surface area contributed by atoms with E-state index in [2.05, 4.69) is 19.8 Å². The summed E-state index contributed by atoms with van der Waals surface area (Å²) in [7, 11) is 1.66. The Hall–Kier alpha value is -2.88. The minimum atomic E-state index is -0.731. The lowest BCUT2D eigenvalue weighted by molar-refractivity contribution is 0.134. The van der Waals surface area contributed by atoms with Gasteiger partial charge in [-0.05, 0) is 25.4 Å². The van der Waals surface area contributed by atoms with Crippen molar-refractivity contribution in [2.45, 2.75) is 20.5 Å². The lowest BCUT2D eigenvalue weighted by atomic mass is 10.3. The van der Waals surface area contributed by atoms with E-state index >= 15 is 0 Å². The molecule has 0 aliphatic heterocycles. The van der Waals surface area contributed by atoms with E-state index in [0.717, 1.165) is 28.8 Å². The van der Waals surface area contributed by atoms with E-state index in [4.69, 9.17) is 9.57 Å². The number of ether oxygens (including phenoxy) is 1. The summed E-state index contributed by atoms with van der Waals surface area (Å²) in [5.41, 5.74) is 1.96. The summed E-state index contributed by atoms with van der Waals surface area (Å²) < 4.78 is 37.6. The fourth-order valence-corrected chi connectivity index (χ4v) is 2.73.